The standard InChI is InChI=1S/C10H15Si/c1-3-4-5-9-6-7-10(8-9)11-2/h6,8,11H,3-5H2,1-2H3. The smallest absolute Gasteiger partial charge is 0.000324 e. The Hall–Kier alpha value is -0.433. The summed E-state index contributed by atoms with van der Waals surface area (Å²) in [7, 11) is 0.467. The van der Waals surface area contributed by atoms with E-state index >= 15 is 0 Å². The Morgan fingerprint density at radius 2 is 2.36 bits per heavy atom. The third-order valence-corrected chi connectivity index (χ3v) is 2.85. The lowest BCUT2D eigenvalue weighted by atomic mass is 10.1. The molecule has 0 saturated carbocycles. The zero-order valence-electron chi connectivity index (χ0n) is 7.35. The zero-order chi connectivity index (χ0) is 8.10. The van der Waals surface area contributed by atoms with Gasteiger partial charge in [0.1, 0.15) is 0 Å². The topological polar surface area (TPSA) is 0 Å². The van der Waals surface area contributed by atoms with Gasteiger partial charge >= 0.3 is 0 Å². The van der Waals surface area contributed by atoms with E-state index in [-0.39, 0.29) is 0 Å². The van der Waals surface area contributed by atoms with Crippen molar-refractivity contribution < 1.29 is 0 Å². The van der Waals surface area contributed by atoms with Crippen LogP contribution in [0, 0.1) is 6.08 Å². The largest absolute Gasteiger partial charge is 0.0654 e. The second-order valence-electron chi connectivity index (χ2n) is 2.86. The molecule has 1 aliphatic rings. The van der Waals surface area contributed by atoms with Crippen molar-refractivity contribution in [2.45, 2.75) is 32.7 Å². The number of unbranched alkanes of at least 4 members (excludes halogenated alkanes) is 1. The van der Waals surface area contributed by atoms with Crippen LogP contribution in [0.3, 0.4) is 0 Å². The molecule has 0 aromatic carbocycles. The Labute approximate surface area is 71.5 Å². The predicted molar refractivity (Wildman–Crippen MR) is 53.4 cm³/mol. The minimum Gasteiger partial charge on any atom is -0.0654 e. The molecule has 1 heteroatoms. The van der Waals surface area contributed by atoms with Crippen LogP contribution in [0.15, 0.2) is 17.7 Å². The molecule has 0 fully saturated rings. The van der Waals surface area contributed by atoms with Crippen molar-refractivity contribution in [2.24, 2.45) is 0 Å². The van der Waals surface area contributed by atoms with Gasteiger partial charge < -0.3 is 0 Å². The lowest BCUT2D eigenvalue weighted by molar-refractivity contribution is 0.799. The fraction of sp³-hybridized carbons (Fsp3) is 0.500. The summed E-state index contributed by atoms with van der Waals surface area (Å²) >= 11 is 0. The summed E-state index contributed by atoms with van der Waals surface area (Å²) in [6.45, 7) is 4.49. The maximum absolute atomic E-state index is 3.30. The second-order valence-corrected chi connectivity index (χ2v) is 4.05. The minimum atomic E-state index is 0.467. The first kappa shape index (κ1) is 8.66. The lowest BCUT2D eigenvalue weighted by Gasteiger charge is -1.94. The highest BCUT2D eigenvalue weighted by atomic mass is 28.2. The molecule has 0 unspecified atom stereocenters. The molecule has 1 aliphatic carbocycles. The van der Waals surface area contributed by atoms with Crippen molar-refractivity contribution in [3.63, 3.8) is 0 Å². The van der Waals surface area contributed by atoms with E-state index in [0.717, 1.165) is 0 Å². The SMILES string of the molecule is CCCCC1=CC(=[SiH]C)[C]=C1. The monoisotopic (exact) mass is 163 g/mol. The summed E-state index contributed by atoms with van der Waals surface area (Å²) in [6, 6.07) is 0. The Morgan fingerprint density at radius 3 is 2.91 bits per heavy atom. The minimum absolute atomic E-state index is 0.467. The van der Waals surface area contributed by atoms with Crippen LogP contribution >= 0.6 is 0 Å². The molecule has 0 nitrogen and oxygen atoms in total. The zero-order valence-corrected chi connectivity index (χ0v) is 8.51. The first-order valence-electron chi connectivity index (χ1n) is 4.33. The van der Waals surface area contributed by atoms with Crippen molar-refractivity contribution in [1.29, 1.82) is 0 Å². The van der Waals surface area contributed by atoms with E-state index in [1.54, 1.807) is 0 Å². The van der Waals surface area contributed by atoms with E-state index in [2.05, 4.69) is 31.7 Å². The van der Waals surface area contributed by atoms with Gasteiger partial charge in [0.15, 0.2) is 0 Å². The number of allylic oxidation sites excluding steroid dienone is 4. The Balaban J connectivity index is 2.44. The van der Waals surface area contributed by atoms with Gasteiger partial charge in [0.05, 0.1) is 0 Å². The molecule has 0 heterocycles. The highest BCUT2D eigenvalue weighted by molar-refractivity contribution is 6.58. The molecule has 11 heavy (non-hydrogen) atoms. The first-order valence-corrected chi connectivity index (χ1v) is 6.06. The average molecular weight is 163 g/mol. The predicted octanol–water partition coefficient (Wildman–Crippen LogP) is 2.13. The molecule has 1 radical (unpaired) electrons. The van der Waals surface area contributed by atoms with Gasteiger partial charge in [0.2, 0.25) is 0 Å². The summed E-state index contributed by atoms with van der Waals surface area (Å²) in [5.41, 5.74) is 1.48. The van der Waals surface area contributed by atoms with Gasteiger partial charge in [-0.05, 0) is 29.7 Å². The quantitative estimate of drug-likeness (QED) is 0.559. The van der Waals surface area contributed by atoms with Gasteiger partial charge in [-0.3, -0.25) is 0 Å². The Morgan fingerprint density at radius 1 is 1.55 bits per heavy atom. The molecule has 0 spiro atoms. The molecular formula is C10H15Si. The van der Waals surface area contributed by atoms with Gasteiger partial charge in [-0.2, -0.15) is 0 Å². The third kappa shape index (κ3) is 2.58. The van der Waals surface area contributed by atoms with Crippen LogP contribution in [0.2, 0.25) is 6.55 Å². The maximum atomic E-state index is 3.30. The van der Waals surface area contributed by atoms with E-state index < -0.39 is 0 Å². The molecule has 0 aromatic heterocycles. The summed E-state index contributed by atoms with van der Waals surface area (Å²) in [5, 5.41) is 1.44. The summed E-state index contributed by atoms with van der Waals surface area (Å²) in [5.74, 6) is 0. The summed E-state index contributed by atoms with van der Waals surface area (Å²) in [6.07, 6.45) is 11.6. The van der Waals surface area contributed by atoms with Crippen molar-refractivity contribution in [1.82, 2.24) is 0 Å². The number of hydrogen-bond donors (Lipinski definition) is 0. The van der Waals surface area contributed by atoms with E-state index in [1.807, 2.05) is 0 Å². The molecule has 59 valence electrons. The first-order chi connectivity index (χ1) is 5.36. The van der Waals surface area contributed by atoms with Crippen molar-refractivity contribution in [3.8, 4) is 0 Å². The highest BCUT2D eigenvalue weighted by Gasteiger charge is 1.99. The lowest BCUT2D eigenvalue weighted by Crippen LogP contribution is -1.88. The van der Waals surface area contributed by atoms with Crippen LogP contribution in [-0.2, 0) is 0 Å². The normalized spacial score (nSPS) is 19.5. The molecule has 0 N–H and O–H groups in total. The Bertz CT molecular complexity index is 209. The number of rotatable bonds is 3. The fourth-order valence-corrected chi connectivity index (χ4v) is 1.78. The van der Waals surface area contributed by atoms with Crippen LogP contribution < -0.4 is 0 Å². The second kappa shape index (κ2) is 4.45. The summed E-state index contributed by atoms with van der Waals surface area (Å²) < 4.78 is 0. The average Bonchev–Trinajstić information content (AvgIpc) is 2.48. The van der Waals surface area contributed by atoms with E-state index in [9.17, 15) is 0 Å². The van der Waals surface area contributed by atoms with Crippen molar-refractivity contribution in [2.75, 3.05) is 0 Å². The molecular weight excluding hydrogens is 148 g/mol. The van der Waals surface area contributed by atoms with Gasteiger partial charge in [0, 0.05) is 9.13 Å². The number of hydrogen-bond acceptors (Lipinski definition) is 0. The fourth-order valence-electron chi connectivity index (χ4n) is 1.15. The summed E-state index contributed by atoms with van der Waals surface area (Å²) in [4.78, 5) is 0. The van der Waals surface area contributed by atoms with Gasteiger partial charge in [-0.25, -0.2) is 0 Å². The van der Waals surface area contributed by atoms with Crippen LogP contribution in [0.25, 0.3) is 0 Å². The molecule has 1 rings (SSSR count). The highest BCUT2D eigenvalue weighted by Crippen LogP contribution is 2.12. The van der Waals surface area contributed by atoms with Crippen LogP contribution in [0.5, 0.6) is 0 Å². The molecule has 0 amide bonds. The van der Waals surface area contributed by atoms with Gasteiger partial charge in [-0.1, -0.05) is 32.0 Å². The molecule has 0 atom stereocenters. The van der Waals surface area contributed by atoms with Gasteiger partial charge in [0.25, 0.3) is 0 Å². The van der Waals surface area contributed by atoms with Crippen molar-refractivity contribution in [3.05, 3.63) is 23.8 Å². The third-order valence-electron chi connectivity index (χ3n) is 1.90. The molecule has 0 aliphatic heterocycles. The van der Waals surface area contributed by atoms with Crippen LogP contribution in [-0.4, -0.2) is 14.3 Å². The molecule has 0 aromatic rings. The van der Waals surface area contributed by atoms with Crippen LogP contribution in [0.1, 0.15) is 26.2 Å². The van der Waals surface area contributed by atoms with Crippen molar-refractivity contribution >= 4 is 14.3 Å². The van der Waals surface area contributed by atoms with E-state index in [0.29, 0.717) is 9.13 Å². The van der Waals surface area contributed by atoms with E-state index in [4.69, 9.17) is 0 Å². The Kier molecular flexibility index (Phi) is 3.50. The molecule has 0 bridgehead atoms. The van der Waals surface area contributed by atoms with E-state index in [1.165, 1.54) is 30.0 Å². The van der Waals surface area contributed by atoms with Crippen LogP contribution in [0.4, 0.5) is 0 Å². The molecule has 0 saturated heterocycles. The maximum Gasteiger partial charge on any atom is 0.000324 e. The van der Waals surface area contributed by atoms with Gasteiger partial charge in [-0.15, -0.1) is 0 Å².